The molecule has 4 N–H and O–H groups in total. The van der Waals surface area contributed by atoms with Crippen LogP contribution in [0.25, 0.3) is 0 Å². The van der Waals surface area contributed by atoms with Crippen molar-refractivity contribution in [3.63, 3.8) is 0 Å². The lowest BCUT2D eigenvalue weighted by Gasteiger charge is -2.23. The third-order valence-electron chi connectivity index (χ3n) is 2.34. The molecule has 0 rings (SSSR count). The standard InChI is InChI=1S/C12H23N3O2S/c1-11(2,3)15-8(16)6-7-14-10(17)12(4,5)9(13)18/h6-7H2,1-5H3,(H2,13,18)(H,14,17)(H,15,16). The number of amides is 2. The molecule has 18 heavy (non-hydrogen) atoms. The number of nitrogens with two attached hydrogens (primary N) is 1. The Kier molecular flexibility index (Phi) is 5.73. The van der Waals surface area contributed by atoms with E-state index in [1.807, 2.05) is 20.8 Å². The van der Waals surface area contributed by atoms with Gasteiger partial charge in [0, 0.05) is 18.5 Å². The summed E-state index contributed by atoms with van der Waals surface area (Å²) in [6.45, 7) is 9.28. The van der Waals surface area contributed by atoms with Crippen LogP contribution in [0, 0.1) is 5.41 Å². The van der Waals surface area contributed by atoms with Gasteiger partial charge in [-0.05, 0) is 34.6 Å². The molecule has 0 radical (unpaired) electrons. The molecule has 0 aromatic carbocycles. The third kappa shape index (κ3) is 5.95. The predicted octanol–water partition coefficient (Wildman–Crippen LogP) is 0.720. The number of hydrogen-bond acceptors (Lipinski definition) is 3. The van der Waals surface area contributed by atoms with Gasteiger partial charge in [0.1, 0.15) is 0 Å². The monoisotopic (exact) mass is 273 g/mol. The number of carbonyl (C=O) groups is 2. The molecule has 6 heteroatoms. The quantitative estimate of drug-likeness (QED) is 0.644. The summed E-state index contributed by atoms with van der Waals surface area (Å²) in [5.41, 5.74) is 4.32. The number of nitrogens with one attached hydrogen (secondary N) is 2. The molecule has 0 unspecified atom stereocenters. The predicted molar refractivity (Wildman–Crippen MR) is 76.1 cm³/mol. The van der Waals surface area contributed by atoms with Gasteiger partial charge >= 0.3 is 0 Å². The summed E-state index contributed by atoms with van der Waals surface area (Å²) in [4.78, 5) is 23.4. The summed E-state index contributed by atoms with van der Waals surface area (Å²) in [6, 6.07) is 0. The summed E-state index contributed by atoms with van der Waals surface area (Å²) in [7, 11) is 0. The molecule has 2 amide bonds. The summed E-state index contributed by atoms with van der Waals surface area (Å²) >= 11 is 4.82. The minimum absolute atomic E-state index is 0.101. The van der Waals surface area contributed by atoms with Crippen molar-refractivity contribution in [3.05, 3.63) is 0 Å². The van der Waals surface area contributed by atoms with Crippen molar-refractivity contribution >= 4 is 29.0 Å². The van der Waals surface area contributed by atoms with Gasteiger partial charge in [-0.3, -0.25) is 9.59 Å². The van der Waals surface area contributed by atoms with Crippen LogP contribution in [-0.4, -0.2) is 28.9 Å². The van der Waals surface area contributed by atoms with E-state index in [1.165, 1.54) is 0 Å². The highest BCUT2D eigenvalue weighted by Gasteiger charge is 2.30. The molecule has 104 valence electrons. The molecule has 0 fully saturated rings. The maximum atomic E-state index is 11.8. The first-order chi connectivity index (χ1) is 7.97. The van der Waals surface area contributed by atoms with Gasteiger partial charge in [0.15, 0.2) is 0 Å². The zero-order valence-electron chi connectivity index (χ0n) is 11.7. The minimum atomic E-state index is -0.893. The Labute approximate surface area is 114 Å². The molecule has 0 aliphatic carbocycles. The van der Waals surface area contributed by atoms with Gasteiger partial charge in [-0.1, -0.05) is 12.2 Å². The molecule has 5 nitrogen and oxygen atoms in total. The van der Waals surface area contributed by atoms with E-state index in [2.05, 4.69) is 10.6 Å². The molecular weight excluding hydrogens is 250 g/mol. The fourth-order valence-corrected chi connectivity index (χ4v) is 1.20. The first kappa shape index (κ1) is 16.8. The molecule has 0 spiro atoms. The fourth-order valence-electron chi connectivity index (χ4n) is 1.10. The lowest BCUT2D eigenvalue weighted by atomic mass is 9.92. The number of carbonyl (C=O) groups excluding carboxylic acids is 2. The molecule has 0 saturated heterocycles. The third-order valence-corrected chi connectivity index (χ3v) is 2.85. The van der Waals surface area contributed by atoms with Gasteiger partial charge in [0.25, 0.3) is 0 Å². The maximum Gasteiger partial charge on any atom is 0.232 e. The van der Waals surface area contributed by atoms with E-state index < -0.39 is 5.41 Å². The number of hydrogen-bond donors (Lipinski definition) is 3. The highest BCUT2D eigenvalue weighted by Crippen LogP contribution is 2.15. The summed E-state index contributed by atoms with van der Waals surface area (Å²) in [6.07, 6.45) is 0.233. The van der Waals surface area contributed by atoms with Crippen molar-refractivity contribution < 1.29 is 9.59 Å². The van der Waals surface area contributed by atoms with Gasteiger partial charge in [-0.2, -0.15) is 0 Å². The van der Waals surface area contributed by atoms with E-state index in [4.69, 9.17) is 18.0 Å². The van der Waals surface area contributed by atoms with Crippen LogP contribution < -0.4 is 16.4 Å². The van der Waals surface area contributed by atoms with Gasteiger partial charge in [0.05, 0.1) is 10.4 Å². The van der Waals surface area contributed by atoms with Crippen LogP contribution in [0.3, 0.4) is 0 Å². The van der Waals surface area contributed by atoms with Crippen molar-refractivity contribution in [3.8, 4) is 0 Å². The van der Waals surface area contributed by atoms with Crippen LogP contribution in [0.5, 0.6) is 0 Å². The molecule has 0 heterocycles. The smallest absolute Gasteiger partial charge is 0.232 e. The second kappa shape index (κ2) is 6.13. The Balaban J connectivity index is 4.11. The van der Waals surface area contributed by atoms with Crippen LogP contribution in [0.1, 0.15) is 41.0 Å². The fraction of sp³-hybridized carbons (Fsp3) is 0.750. The van der Waals surface area contributed by atoms with Gasteiger partial charge in [-0.25, -0.2) is 0 Å². The molecule has 0 atom stereocenters. The lowest BCUT2D eigenvalue weighted by molar-refractivity contribution is -0.126. The van der Waals surface area contributed by atoms with Crippen molar-refractivity contribution in [1.29, 1.82) is 0 Å². The maximum absolute atomic E-state index is 11.8. The topological polar surface area (TPSA) is 84.2 Å². The zero-order chi connectivity index (χ0) is 14.6. The normalized spacial score (nSPS) is 11.8. The molecule has 0 saturated carbocycles. The van der Waals surface area contributed by atoms with E-state index in [-0.39, 0.29) is 35.3 Å². The van der Waals surface area contributed by atoms with Crippen LogP contribution in [0.2, 0.25) is 0 Å². The lowest BCUT2D eigenvalue weighted by Crippen LogP contribution is -2.46. The Morgan fingerprint density at radius 1 is 1.17 bits per heavy atom. The van der Waals surface area contributed by atoms with E-state index in [0.29, 0.717) is 0 Å². The number of thiocarbonyl (C=S) groups is 1. The van der Waals surface area contributed by atoms with Crippen LogP contribution in [0.4, 0.5) is 0 Å². The second-order valence-electron chi connectivity index (χ2n) is 5.79. The Bertz CT molecular complexity index is 346. The minimum Gasteiger partial charge on any atom is -0.392 e. The van der Waals surface area contributed by atoms with Crippen LogP contribution >= 0.6 is 12.2 Å². The molecule has 0 aromatic heterocycles. The zero-order valence-corrected chi connectivity index (χ0v) is 12.5. The van der Waals surface area contributed by atoms with E-state index in [0.717, 1.165) is 0 Å². The van der Waals surface area contributed by atoms with Crippen LogP contribution in [0.15, 0.2) is 0 Å². The highest BCUT2D eigenvalue weighted by molar-refractivity contribution is 7.80. The first-order valence-electron chi connectivity index (χ1n) is 5.86. The molecule has 0 aliphatic rings. The van der Waals surface area contributed by atoms with Gasteiger partial charge in [-0.15, -0.1) is 0 Å². The Morgan fingerprint density at radius 3 is 2.06 bits per heavy atom. The largest absolute Gasteiger partial charge is 0.392 e. The SMILES string of the molecule is CC(C)(C)NC(=O)CCNC(=O)C(C)(C)C(N)=S. The molecule has 0 bridgehead atoms. The van der Waals surface area contributed by atoms with Gasteiger partial charge in [0.2, 0.25) is 11.8 Å². The highest BCUT2D eigenvalue weighted by atomic mass is 32.1. The molecule has 0 aliphatic heterocycles. The molecular formula is C12H23N3O2S. The van der Waals surface area contributed by atoms with Crippen LogP contribution in [-0.2, 0) is 9.59 Å². The second-order valence-corrected chi connectivity index (χ2v) is 6.23. The van der Waals surface area contributed by atoms with Crippen molar-refractivity contribution in [2.24, 2.45) is 11.1 Å². The average molecular weight is 273 g/mol. The number of rotatable bonds is 5. The average Bonchev–Trinajstić information content (AvgIpc) is 2.14. The van der Waals surface area contributed by atoms with Crippen molar-refractivity contribution in [2.75, 3.05) is 6.54 Å². The van der Waals surface area contributed by atoms with E-state index >= 15 is 0 Å². The Hall–Kier alpha value is -1.17. The van der Waals surface area contributed by atoms with E-state index in [9.17, 15) is 9.59 Å². The van der Waals surface area contributed by atoms with E-state index in [1.54, 1.807) is 13.8 Å². The summed E-state index contributed by atoms with van der Waals surface area (Å²) in [5.74, 6) is -0.366. The molecule has 0 aromatic rings. The first-order valence-corrected chi connectivity index (χ1v) is 6.27. The summed E-state index contributed by atoms with van der Waals surface area (Å²) in [5, 5.41) is 5.47. The summed E-state index contributed by atoms with van der Waals surface area (Å²) < 4.78 is 0. The van der Waals surface area contributed by atoms with Crippen molar-refractivity contribution in [1.82, 2.24) is 10.6 Å². The van der Waals surface area contributed by atoms with Gasteiger partial charge < -0.3 is 16.4 Å². The van der Waals surface area contributed by atoms with Crippen molar-refractivity contribution in [2.45, 2.75) is 46.6 Å². The Morgan fingerprint density at radius 2 is 1.67 bits per heavy atom.